The molecule has 0 radical (unpaired) electrons. The van der Waals surface area contributed by atoms with Crippen molar-refractivity contribution in [3.05, 3.63) is 327 Å². The Morgan fingerprint density at radius 3 is 0.689 bits per heavy atom. The van der Waals surface area contributed by atoms with E-state index in [1.54, 1.807) is 97.1 Å². The molecule has 90 heavy (non-hydrogen) atoms. The first-order chi connectivity index (χ1) is 43.5. The van der Waals surface area contributed by atoms with Crippen LogP contribution in [0.25, 0.3) is 0 Å². The van der Waals surface area contributed by atoms with Crippen LogP contribution < -0.4 is 18.9 Å². The van der Waals surface area contributed by atoms with Gasteiger partial charge in [0.1, 0.15) is 23.0 Å². The van der Waals surface area contributed by atoms with Crippen molar-refractivity contribution in [3.63, 3.8) is 0 Å². The minimum Gasteiger partial charge on any atom is -0.427 e. The molecule has 4 aromatic carbocycles. The quantitative estimate of drug-likeness (QED) is 0.0453. The first-order valence-corrected chi connectivity index (χ1v) is 26.2. The van der Waals surface area contributed by atoms with Crippen LogP contribution in [0.5, 0.6) is 23.0 Å². The maximum Gasteiger partial charge on any atom is 0.352 e. The lowest BCUT2D eigenvalue weighted by Crippen LogP contribution is -2.26. The predicted molar refractivity (Wildman–Crippen MR) is 323 cm³/mol. The van der Waals surface area contributed by atoms with E-state index in [0.717, 1.165) is 22.3 Å². The molecule has 0 aliphatic heterocycles. The van der Waals surface area contributed by atoms with E-state index in [9.17, 15) is 28.8 Å². The molecule has 428 valence electrons. The van der Waals surface area contributed by atoms with Gasteiger partial charge >= 0.3 is 41.8 Å². The van der Waals surface area contributed by atoms with Gasteiger partial charge in [-0.3, -0.25) is 28.8 Å². The average Bonchev–Trinajstić information content (AvgIpc) is 0.845. The van der Waals surface area contributed by atoms with Gasteiger partial charge in [0, 0.05) is 149 Å². The number of ether oxygens (including phenoxy) is 6. The van der Waals surface area contributed by atoms with Crippen LogP contribution in [0.2, 0.25) is 0 Å². The molecule has 0 aromatic heterocycles. The fraction of sp³-hybridized carbons (Fsp3) is 0.154. The molecular weight excluding hydrogens is 1130 g/mol. The van der Waals surface area contributed by atoms with E-state index in [1.807, 2.05) is 13.8 Å². The second kappa shape index (κ2) is 38.7. The third-order valence-electron chi connectivity index (χ3n) is 11.3. The van der Waals surface area contributed by atoms with E-state index in [1.165, 1.54) is 27.7 Å². The van der Waals surface area contributed by atoms with E-state index in [-0.39, 0.29) is 25.7 Å². The summed E-state index contributed by atoms with van der Waals surface area (Å²) in [6.07, 6.45) is -0.212. The third-order valence-corrected chi connectivity index (χ3v) is 11.3. The molecule has 0 spiro atoms. The van der Waals surface area contributed by atoms with Gasteiger partial charge in [0.05, 0.1) is 0 Å². The molecule has 0 bridgehead atoms. The van der Waals surface area contributed by atoms with E-state index in [4.69, 9.17) is 28.4 Å². The Hall–Kier alpha value is -14.0. The van der Waals surface area contributed by atoms with Crippen LogP contribution in [0.15, 0.2) is 304 Å². The number of rotatable bonds is 16. The largest absolute Gasteiger partial charge is 0.427 e. The van der Waals surface area contributed by atoms with Gasteiger partial charge in [-0.1, -0.05) is 68.1 Å². The fourth-order valence-electron chi connectivity index (χ4n) is 7.29. The van der Waals surface area contributed by atoms with E-state index in [2.05, 4.69) is 201 Å². The van der Waals surface area contributed by atoms with Crippen molar-refractivity contribution >= 4 is 35.8 Å². The van der Waals surface area contributed by atoms with Crippen LogP contribution in [0.1, 0.15) is 89.5 Å². The van der Waals surface area contributed by atoms with Crippen LogP contribution in [0.4, 0.5) is 0 Å². The van der Waals surface area contributed by atoms with Crippen LogP contribution in [0.3, 0.4) is 0 Å². The minimum absolute atomic E-state index is 0.132. The minimum atomic E-state index is -0.892. The molecule has 0 aliphatic carbocycles. The number of hydrogen-bond donors (Lipinski definition) is 0. The van der Waals surface area contributed by atoms with Gasteiger partial charge in [-0.15, -0.1) is 0 Å². The van der Waals surface area contributed by atoms with E-state index >= 15 is 0 Å². The molecule has 0 amide bonds. The first-order valence-electron chi connectivity index (χ1n) is 26.2. The highest BCUT2D eigenvalue weighted by Gasteiger charge is 2.33. The van der Waals surface area contributed by atoms with Crippen molar-refractivity contribution < 1.29 is 57.2 Å². The van der Waals surface area contributed by atoms with Gasteiger partial charge in [-0.25, -0.2) is 0 Å². The molecule has 0 fully saturated rings. The van der Waals surface area contributed by atoms with Crippen molar-refractivity contribution in [1.29, 1.82) is 0 Å². The average molecular weight is 1170 g/mol. The second-order valence-corrected chi connectivity index (χ2v) is 17.7. The Labute approximate surface area is 518 Å². The molecular formula is C78H44O12. The lowest BCUT2D eigenvalue weighted by atomic mass is 9.73. The van der Waals surface area contributed by atoms with Gasteiger partial charge in [-0.05, 0) is 182 Å². The molecule has 0 atom stereocenters. The summed E-state index contributed by atoms with van der Waals surface area (Å²) in [7, 11) is 0. The Balaban J connectivity index is 1.72. The summed E-state index contributed by atoms with van der Waals surface area (Å²) in [6, 6.07) is 27.0. The van der Waals surface area contributed by atoms with Crippen LogP contribution >= 0.6 is 0 Å². The normalized spacial score (nSPS) is 8.42. The molecule has 12 nitrogen and oxygen atoms in total. The molecule has 4 rings (SSSR count). The number of esters is 6. The van der Waals surface area contributed by atoms with Crippen molar-refractivity contribution in [1.82, 2.24) is 0 Å². The highest BCUT2D eigenvalue weighted by atomic mass is 16.7. The Bertz CT molecular complexity index is 4690. The summed E-state index contributed by atoms with van der Waals surface area (Å²) in [5.74, 6) is -3.05. The number of carbonyl (C=O) groups excluding carboxylic acids is 6. The summed E-state index contributed by atoms with van der Waals surface area (Å²) in [4.78, 5) is 74.4. The monoisotopic (exact) mass is 1170 g/mol. The van der Waals surface area contributed by atoms with Crippen LogP contribution in [0, 0.1) is 0 Å². The van der Waals surface area contributed by atoms with Crippen molar-refractivity contribution in [2.45, 2.75) is 78.1 Å². The zero-order valence-corrected chi connectivity index (χ0v) is 49.2. The topological polar surface area (TPSA) is 158 Å². The lowest BCUT2D eigenvalue weighted by molar-refractivity contribution is -0.154. The Morgan fingerprint density at radius 1 is 0.311 bits per heavy atom. The molecule has 0 saturated carbocycles. The number of carbonyl (C=O) groups is 6. The third kappa shape index (κ3) is 26.9. The maximum atomic E-state index is 13.8. The Kier molecular flexibility index (Phi) is 29.4. The summed E-state index contributed by atoms with van der Waals surface area (Å²) < 4.78 is 32.3. The molecule has 0 heterocycles. The molecule has 0 N–H and O–H groups in total. The molecule has 0 aliphatic rings. The van der Waals surface area contributed by atoms with E-state index in [0.29, 0.717) is 23.0 Å². The zero-order chi connectivity index (χ0) is 65.1. The molecule has 0 saturated heterocycles. The smallest absolute Gasteiger partial charge is 0.352 e. The van der Waals surface area contributed by atoms with Gasteiger partial charge in [0.25, 0.3) is 0 Å². The predicted octanol–water partition coefficient (Wildman–Crippen LogP) is 13.1. The highest BCUT2D eigenvalue weighted by Crippen LogP contribution is 2.40. The molecule has 4 aromatic rings. The van der Waals surface area contributed by atoms with Crippen molar-refractivity contribution in [3.8, 4) is 23.0 Å². The highest BCUT2D eigenvalue weighted by molar-refractivity contribution is 5.74. The van der Waals surface area contributed by atoms with Crippen molar-refractivity contribution in [2.75, 3.05) is 0 Å². The Morgan fingerprint density at radius 2 is 0.500 bits per heavy atom. The SMILES string of the molecule is C=C=C=C=C=C=C=C=C=C=C=C=C=C=C=C=C=C=C=C=C=C=C=C=C=C=C=C=C=C=C=C=C=C=C=C(OC(=O)CCC(C)(c1ccc(OC(C)=O)cc1)c1ccc(OC(C)=O)cc1)OC(=O)CCC(C)(c1ccc(OC(C)=O)cc1)c1ccc(OC(C)=O)cc1. The van der Waals surface area contributed by atoms with Gasteiger partial charge in [0.15, 0.2) is 0 Å². The molecule has 0 unspecified atom stereocenters. The standard InChI is InChI=1S/C78H44O12/c1-8-9-10-11-12-13-14-15-16-17-18-19-20-21-22-23-24-25-26-27-28-29-30-31-32-33-34-35-36-37-38-39-40-41-76(89-74(83)58-60-77(6,66-42-50-70(51-43-66)85-62(2)79)67-44-52-71(53-45-67)86-63(3)80)90-75(84)59-61-78(7,68-46-54-72(55-47-68)87-64(4)81)69-48-56-73(57-49-69)88-65(5)82/h42-57H,1,58-61H2,2-7H3. The number of benzene rings is 4. The maximum absolute atomic E-state index is 13.8. The van der Waals surface area contributed by atoms with Gasteiger partial charge in [-0.2, -0.15) is 0 Å². The number of hydrogen-bond acceptors (Lipinski definition) is 12. The van der Waals surface area contributed by atoms with Crippen LogP contribution in [-0.2, 0) is 49.1 Å². The first kappa shape index (κ1) is 68.5. The molecule has 12 heteroatoms. The summed E-state index contributed by atoms with van der Waals surface area (Å²) in [5, 5.41) is 0. The summed E-state index contributed by atoms with van der Waals surface area (Å²) in [5.41, 5.74) is 85.8. The fourth-order valence-corrected chi connectivity index (χ4v) is 7.29. The van der Waals surface area contributed by atoms with E-state index < -0.39 is 52.6 Å². The second-order valence-electron chi connectivity index (χ2n) is 17.7. The van der Waals surface area contributed by atoms with Crippen molar-refractivity contribution in [2.24, 2.45) is 0 Å². The zero-order valence-electron chi connectivity index (χ0n) is 49.2. The van der Waals surface area contributed by atoms with Gasteiger partial charge < -0.3 is 28.4 Å². The summed E-state index contributed by atoms with van der Waals surface area (Å²) in [6.45, 7) is 12.2. The van der Waals surface area contributed by atoms with Crippen LogP contribution in [-0.4, -0.2) is 35.8 Å². The summed E-state index contributed by atoms with van der Waals surface area (Å²) >= 11 is 0. The van der Waals surface area contributed by atoms with Gasteiger partial charge in [0.2, 0.25) is 0 Å². The lowest BCUT2D eigenvalue weighted by Gasteiger charge is -2.31.